The Hall–Kier alpha value is -1.06. The Labute approximate surface area is 65.2 Å². The van der Waals surface area contributed by atoms with Crippen molar-refractivity contribution in [1.29, 1.82) is 10.5 Å². The van der Waals surface area contributed by atoms with Crippen LogP contribution in [0.2, 0.25) is 0 Å². The Bertz CT molecular complexity index is 224. The van der Waals surface area contributed by atoms with E-state index in [4.69, 9.17) is 15.3 Å². The van der Waals surface area contributed by atoms with Crippen LogP contribution in [0.15, 0.2) is 0 Å². The third-order valence-electron chi connectivity index (χ3n) is 2.55. The first kappa shape index (κ1) is 6.64. The predicted molar refractivity (Wildman–Crippen MR) is 36.1 cm³/mol. The van der Waals surface area contributed by atoms with Gasteiger partial charge in [0.25, 0.3) is 0 Å². The Morgan fingerprint density at radius 1 is 1.00 bits per heavy atom. The molecular weight excluding hydrogens is 140 g/mol. The molecule has 2 bridgehead atoms. The largest absolute Gasteiger partial charge is 0.372 e. The molecule has 2 rings (SSSR count). The smallest absolute Gasteiger partial charge is 0.0752 e. The molecule has 4 atom stereocenters. The van der Waals surface area contributed by atoms with Gasteiger partial charge in [-0.1, -0.05) is 0 Å². The van der Waals surface area contributed by atoms with E-state index < -0.39 is 0 Å². The molecule has 3 heteroatoms. The van der Waals surface area contributed by atoms with Gasteiger partial charge in [0.15, 0.2) is 0 Å². The SMILES string of the molecule is N#CC1CC2OC1CC2C#N. The number of nitriles is 2. The van der Waals surface area contributed by atoms with Crippen LogP contribution >= 0.6 is 0 Å². The van der Waals surface area contributed by atoms with Crippen molar-refractivity contribution in [2.45, 2.75) is 25.0 Å². The van der Waals surface area contributed by atoms with E-state index in [-0.39, 0.29) is 24.0 Å². The second kappa shape index (κ2) is 2.22. The third kappa shape index (κ3) is 0.818. The van der Waals surface area contributed by atoms with Crippen LogP contribution in [0.5, 0.6) is 0 Å². The van der Waals surface area contributed by atoms with Crippen molar-refractivity contribution in [3.63, 3.8) is 0 Å². The van der Waals surface area contributed by atoms with E-state index in [1.165, 1.54) is 0 Å². The Morgan fingerprint density at radius 3 is 1.73 bits per heavy atom. The van der Waals surface area contributed by atoms with Crippen LogP contribution in [-0.4, -0.2) is 12.2 Å². The molecule has 56 valence electrons. The second-order valence-electron chi connectivity index (χ2n) is 3.16. The van der Waals surface area contributed by atoms with Gasteiger partial charge in [0.05, 0.1) is 36.2 Å². The maximum absolute atomic E-state index is 8.63. The average Bonchev–Trinajstić information content (AvgIpc) is 2.60. The number of hydrogen-bond acceptors (Lipinski definition) is 3. The van der Waals surface area contributed by atoms with Gasteiger partial charge < -0.3 is 4.74 Å². The fraction of sp³-hybridized carbons (Fsp3) is 0.750. The van der Waals surface area contributed by atoms with Gasteiger partial charge in [0, 0.05) is 0 Å². The molecule has 0 spiro atoms. The van der Waals surface area contributed by atoms with E-state index in [0.717, 1.165) is 12.8 Å². The van der Waals surface area contributed by atoms with Crippen molar-refractivity contribution in [1.82, 2.24) is 0 Å². The first-order valence-electron chi connectivity index (χ1n) is 3.80. The zero-order valence-electron chi connectivity index (χ0n) is 6.03. The van der Waals surface area contributed by atoms with E-state index in [1.54, 1.807) is 0 Å². The summed E-state index contributed by atoms with van der Waals surface area (Å²) in [5, 5.41) is 17.3. The molecule has 3 nitrogen and oxygen atoms in total. The van der Waals surface area contributed by atoms with Gasteiger partial charge in [-0.2, -0.15) is 10.5 Å². The molecule has 2 aliphatic heterocycles. The Morgan fingerprint density at radius 2 is 1.45 bits per heavy atom. The fourth-order valence-electron chi connectivity index (χ4n) is 1.93. The lowest BCUT2D eigenvalue weighted by atomic mass is 9.84. The summed E-state index contributed by atoms with van der Waals surface area (Å²) in [5.74, 6) is 0.0919. The predicted octanol–water partition coefficient (Wildman–Crippen LogP) is 0.827. The Balaban J connectivity index is 2.11. The molecule has 0 aromatic heterocycles. The van der Waals surface area contributed by atoms with E-state index in [2.05, 4.69) is 12.1 Å². The normalized spacial score (nSPS) is 46.7. The van der Waals surface area contributed by atoms with Crippen LogP contribution in [0.25, 0.3) is 0 Å². The summed E-state index contributed by atoms with van der Waals surface area (Å²) in [6.45, 7) is 0. The van der Waals surface area contributed by atoms with Crippen molar-refractivity contribution in [2.24, 2.45) is 11.8 Å². The van der Waals surface area contributed by atoms with Gasteiger partial charge in [0.2, 0.25) is 0 Å². The Kier molecular flexibility index (Phi) is 1.34. The van der Waals surface area contributed by atoms with Crippen molar-refractivity contribution >= 4 is 0 Å². The standard InChI is InChI=1S/C8H8N2O/c9-3-5-1-7-6(4-10)2-8(5)11-7/h5-8H,1-2H2. The molecule has 2 heterocycles. The third-order valence-corrected chi connectivity index (χ3v) is 2.55. The minimum atomic E-state index is 0.0459. The highest BCUT2D eigenvalue weighted by molar-refractivity contribution is 5.08. The highest BCUT2D eigenvalue weighted by Crippen LogP contribution is 2.41. The first-order valence-corrected chi connectivity index (χ1v) is 3.80. The molecule has 0 saturated carbocycles. The zero-order chi connectivity index (χ0) is 7.84. The summed E-state index contributed by atoms with van der Waals surface area (Å²) in [4.78, 5) is 0. The van der Waals surface area contributed by atoms with Crippen LogP contribution in [0.1, 0.15) is 12.8 Å². The van der Waals surface area contributed by atoms with Crippen molar-refractivity contribution in [3.05, 3.63) is 0 Å². The van der Waals surface area contributed by atoms with E-state index in [1.807, 2.05) is 0 Å². The molecule has 4 unspecified atom stereocenters. The molecule has 0 aliphatic carbocycles. The average molecular weight is 148 g/mol. The first-order chi connectivity index (χ1) is 5.35. The van der Waals surface area contributed by atoms with Gasteiger partial charge in [-0.3, -0.25) is 0 Å². The van der Waals surface area contributed by atoms with Crippen molar-refractivity contribution in [2.75, 3.05) is 0 Å². The van der Waals surface area contributed by atoms with Crippen LogP contribution in [0.4, 0.5) is 0 Å². The molecular formula is C8H8N2O. The maximum Gasteiger partial charge on any atom is 0.0752 e. The maximum atomic E-state index is 8.63. The lowest BCUT2D eigenvalue weighted by Gasteiger charge is -2.13. The number of hydrogen-bond donors (Lipinski definition) is 0. The van der Waals surface area contributed by atoms with E-state index in [0.29, 0.717) is 0 Å². The minimum Gasteiger partial charge on any atom is -0.372 e. The second-order valence-corrected chi connectivity index (χ2v) is 3.16. The molecule has 2 fully saturated rings. The van der Waals surface area contributed by atoms with Gasteiger partial charge in [-0.25, -0.2) is 0 Å². The van der Waals surface area contributed by atoms with Crippen molar-refractivity contribution < 1.29 is 4.74 Å². The number of fused-ring (bicyclic) bond motifs is 2. The topological polar surface area (TPSA) is 56.8 Å². The minimum absolute atomic E-state index is 0.0459. The summed E-state index contributed by atoms with van der Waals surface area (Å²) >= 11 is 0. The molecule has 0 radical (unpaired) electrons. The van der Waals surface area contributed by atoms with E-state index >= 15 is 0 Å². The molecule has 0 N–H and O–H groups in total. The lowest BCUT2D eigenvalue weighted by Crippen LogP contribution is -2.20. The summed E-state index contributed by atoms with van der Waals surface area (Å²) in [6, 6.07) is 4.41. The van der Waals surface area contributed by atoms with Crippen LogP contribution in [0.3, 0.4) is 0 Å². The monoisotopic (exact) mass is 148 g/mol. The molecule has 2 aliphatic rings. The highest BCUT2D eigenvalue weighted by Gasteiger charge is 2.47. The highest BCUT2D eigenvalue weighted by atomic mass is 16.5. The van der Waals surface area contributed by atoms with Gasteiger partial charge >= 0.3 is 0 Å². The molecule has 2 saturated heterocycles. The van der Waals surface area contributed by atoms with E-state index in [9.17, 15) is 0 Å². The van der Waals surface area contributed by atoms with Crippen LogP contribution in [-0.2, 0) is 4.74 Å². The van der Waals surface area contributed by atoms with Gasteiger partial charge in [0.1, 0.15) is 0 Å². The van der Waals surface area contributed by atoms with Crippen LogP contribution < -0.4 is 0 Å². The lowest BCUT2D eigenvalue weighted by molar-refractivity contribution is 0.0935. The molecule has 0 aromatic rings. The summed E-state index contributed by atoms with van der Waals surface area (Å²) < 4.78 is 5.43. The number of rotatable bonds is 0. The van der Waals surface area contributed by atoms with Gasteiger partial charge in [-0.05, 0) is 12.8 Å². The quantitative estimate of drug-likeness (QED) is 0.511. The number of ether oxygens (including phenoxy) is 1. The van der Waals surface area contributed by atoms with Gasteiger partial charge in [-0.15, -0.1) is 0 Å². The zero-order valence-corrected chi connectivity index (χ0v) is 6.03. The van der Waals surface area contributed by atoms with Crippen LogP contribution in [0, 0.1) is 34.5 Å². The summed E-state index contributed by atoms with van der Waals surface area (Å²) in [7, 11) is 0. The molecule has 0 amide bonds. The fourth-order valence-corrected chi connectivity index (χ4v) is 1.93. The molecule has 0 aromatic carbocycles. The summed E-state index contributed by atoms with van der Waals surface area (Å²) in [5.41, 5.74) is 0. The number of nitrogens with zero attached hydrogens (tertiary/aromatic N) is 2. The molecule has 11 heavy (non-hydrogen) atoms. The summed E-state index contributed by atoms with van der Waals surface area (Å²) in [6.07, 6.45) is 1.63. The van der Waals surface area contributed by atoms with Crippen molar-refractivity contribution in [3.8, 4) is 12.1 Å².